The van der Waals surface area contributed by atoms with Gasteiger partial charge in [0.15, 0.2) is 23.3 Å². The third-order valence-corrected chi connectivity index (χ3v) is 25.1. The first-order valence-electron chi connectivity index (χ1n) is 45.1. The van der Waals surface area contributed by atoms with Gasteiger partial charge >= 0.3 is 0 Å². The van der Waals surface area contributed by atoms with Crippen molar-refractivity contribution in [3.8, 4) is 91.5 Å². The minimum atomic E-state index is 0.373. The molecule has 0 spiro atoms. The van der Waals surface area contributed by atoms with Crippen molar-refractivity contribution in [2.45, 2.75) is 0 Å². The minimum Gasteiger partial charge on any atom is -0.457 e. The van der Waals surface area contributed by atoms with Crippen LogP contribution in [-0.2, 0) is 0 Å². The first kappa shape index (κ1) is 79.4. The average Bonchev–Trinajstić information content (AvgIpc) is 1.60. The minimum absolute atomic E-state index is 0.373. The van der Waals surface area contributed by atoms with E-state index in [2.05, 4.69) is 345 Å². The van der Waals surface area contributed by atoms with E-state index in [1.54, 1.807) is 0 Å². The number of anilines is 12. The van der Waals surface area contributed by atoms with Gasteiger partial charge in [0.05, 0.1) is 0 Å². The van der Waals surface area contributed by atoms with Crippen LogP contribution < -0.4 is 38.5 Å². The molecule has 0 saturated heterocycles. The van der Waals surface area contributed by atoms with Gasteiger partial charge in [0, 0.05) is 112 Å². The van der Waals surface area contributed by atoms with Crippen molar-refractivity contribution in [1.29, 1.82) is 0 Å². The summed E-state index contributed by atoms with van der Waals surface area (Å²) in [6.07, 6.45) is 0. The fourth-order valence-corrected chi connectivity index (χ4v) is 18.5. The standard InChI is InChI=1S/C120H78N12O4/c1-5-29-85(30-6-1)129(93-41-37-77-21-13-17-25-81(77)69-93)89-45-53-97(54-46-89)133-101-61-65-105-109(73-101)117-121-113(105)126-118-111-75-103(135-99-57-49-91(50-58-99)131(87-33-9-3-10-34-87)95-43-39-79-23-15-19-27-83(79)71-95)63-67-107(111)115(123-118)128-120-112-76-104(136-100-59-51-92(52-60-100)132(88-35-11-4-12-36-88)96-44-40-80-24-16-20-28-84(80)72-96)64-68-108(112)116(124-120)127-119-110-74-102(62-66-106(110)114(122-119)125-117)134-98-55-47-90(48-56-98)130(86-31-7-2-8-32-86)94-42-38-78-22-14-18-26-82(78)70-94/h1-76H,(H2,121,122,123,124,125,126,127,128). The molecular weight excluding hydrogens is 1670 g/mol. The van der Waals surface area contributed by atoms with Crippen molar-refractivity contribution in [2.24, 2.45) is 0 Å². The number of hydrogen-bond acceptors (Lipinski definition) is 14. The predicted octanol–water partition coefficient (Wildman–Crippen LogP) is 32.5. The highest BCUT2D eigenvalue weighted by atomic mass is 16.5. The Morgan fingerprint density at radius 3 is 0.640 bits per heavy atom. The van der Waals surface area contributed by atoms with Gasteiger partial charge < -0.3 is 48.5 Å². The Kier molecular flexibility index (Phi) is 19.8. The molecule has 2 aliphatic heterocycles. The molecule has 0 atom stereocenters. The Balaban J connectivity index is 0.625. The van der Waals surface area contributed by atoms with E-state index in [1.807, 2.05) is 146 Å². The van der Waals surface area contributed by atoms with E-state index in [1.165, 1.54) is 21.5 Å². The first-order chi connectivity index (χ1) is 67.3. The highest BCUT2D eigenvalue weighted by Crippen LogP contribution is 2.48. The van der Waals surface area contributed by atoms with E-state index in [0.29, 0.717) is 125 Å². The number of rotatable bonds is 20. The number of benzene rings is 20. The van der Waals surface area contributed by atoms with Gasteiger partial charge in [-0.05, 0) is 310 Å². The van der Waals surface area contributed by atoms with Crippen LogP contribution >= 0.6 is 0 Å². The maximum atomic E-state index is 6.91. The number of H-pyrrole nitrogens is 2. The van der Waals surface area contributed by atoms with E-state index < -0.39 is 0 Å². The normalized spacial score (nSPS) is 11.5. The van der Waals surface area contributed by atoms with Crippen LogP contribution in [0.3, 0.4) is 0 Å². The molecular formula is C120H78N12O4. The number of nitrogens with zero attached hydrogens (tertiary/aromatic N) is 10. The van der Waals surface area contributed by atoms with Crippen LogP contribution in [0.2, 0.25) is 0 Å². The Bertz CT molecular complexity index is 8240. The van der Waals surface area contributed by atoms with Crippen molar-refractivity contribution in [1.82, 2.24) is 39.9 Å². The molecule has 0 fully saturated rings. The Labute approximate surface area is 781 Å². The first-order valence-corrected chi connectivity index (χ1v) is 45.1. The molecule has 16 heteroatoms. The molecule has 0 radical (unpaired) electrons. The van der Waals surface area contributed by atoms with Gasteiger partial charge in [-0.1, -0.05) is 194 Å². The smallest absolute Gasteiger partial charge is 0.164 e. The molecule has 0 unspecified atom stereocenters. The number of aromatic amines is 2. The summed E-state index contributed by atoms with van der Waals surface area (Å²) in [6.45, 7) is 0. The van der Waals surface area contributed by atoms with Gasteiger partial charge in [-0.15, -0.1) is 0 Å². The molecule has 23 aromatic rings. The molecule has 0 aliphatic carbocycles. The second-order valence-electron chi connectivity index (χ2n) is 33.6. The lowest BCUT2D eigenvalue weighted by Crippen LogP contribution is -2.09. The van der Waals surface area contributed by atoms with Crippen LogP contribution in [0, 0.1) is 0 Å². The van der Waals surface area contributed by atoms with Crippen LogP contribution in [0.5, 0.6) is 46.0 Å². The number of fused-ring (bicyclic) bond motifs is 24. The summed E-state index contributed by atoms with van der Waals surface area (Å²) in [4.78, 5) is 49.5. The lowest BCUT2D eigenvalue weighted by molar-refractivity contribution is 0.482. The van der Waals surface area contributed by atoms with Crippen LogP contribution in [0.4, 0.5) is 68.2 Å². The number of ether oxygens (including phenoxy) is 4. The highest BCUT2D eigenvalue weighted by Gasteiger charge is 2.27. The molecule has 2 N–H and O–H groups in total. The lowest BCUT2D eigenvalue weighted by atomic mass is 10.1. The number of hydrogen-bond donors (Lipinski definition) is 2. The van der Waals surface area contributed by atoms with Crippen LogP contribution in [0.15, 0.2) is 461 Å². The van der Waals surface area contributed by atoms with E-state index in [9.17, 15) is 0 Å². The van der Waals surface area contributed by atoms with Gasteiger partial charge in [0.1, 0.15) is 68.6 Å². The Morgan fingerprint density at radius 2 is 0.360 bits per heavy atom. The third kappa shape index (κ3) is 15.3. The number of para-hydroxylation sites is 4. The maximum absolute atomic E-state index is 6.91. The molecule has 25 rings (SSSR count). The molecule has 136 heavy (non-hydrogen) atoms. The summed E-state index contributed by atoms with van der Waals surface area (Å²) in [5.41, 5.74) is 16.7. The number of aromatic nitrogens is 8. The molecule has 20 aromatic carbocycles. The quantitative estimate of drug-likeness (QED) is 0.0742. The largest absolute Gasteiger partial charge is 0.457 e. The van der Waals surface area contributed by atoms with Crippen molar-refractivity contribution in [2.75, 3.05) is 19.6 Å². The molecule has 5 heterocycles. The molecule has 642 valence electrons. The molecule has 0 saturated carbocycles. The monoisotopic (exact) mass is 1750 g/mol. The second kappa shape index (κ2) is 33.9. The zero-order chi connectivity index (χ0) is 89.9. The second-order valence-corrected chi connectivity index (χ2v) is 33.6. The van der Waals surface area contributed by atoms with Crippen LogP contribution in [0.25, 0.3) is 133 Å². The fraction of sp³-hybridized carbons (Fsp3) is 0. The van der Waals surface area contributed by atoms with E-state index in [0.717, 1.165) is 101 Å². The van der Waals surface area contributed by atoms with Gasteiger partial charge in [-0.2, -0.15) is 0 Å². The van der Waals surface area contributed by atoms with Crippen molar-refractivity contribution >= 4 is 155 Å². The Hall–Kier alpha value is -18.8. The zero-order valence-corrected chi connectivity index (χ0v) is 73.0. The van der Waals surface area contributed by atoms with E-state index in [4.69, 9.17) is 48.9 Å². The average molecular weight is 1750 g/mol. The van der Waals surface area contributed by atoms with Gasteiger partial charge in [-0.3, -0.25) is 0 Å². The SMILES string of the molecule is c1ccc(N(c2ccc(Oc3ccc4c(c3)-c3nc-4nc4[nH]c(nc5nc(nc6[nH]c(n3)c3ccc(Oc7ccc(N(c8ccccc8)c8ccc9ccccc9c8)cc7)cc63)-c3ccc(Oc6ccc(N(c7ccccc7)c7ccc8ccccc8c7)cc6)cc3-5)c3ccc(Oc5ccc(N(c6ccccc6)c6ccc7ccccc7c6)cc5)cc43)cc2)c2ccc3ccccc3c2)cc1. The van der Waals surface area contributed by atoms with E-state index >= 15 is 0 Å². The van der Waals surface area contributed by atoms with E-state index in [-0.39, 0.29) is 0 Å². The maximum Gasteiger partial charge on any atom is 0.164 e. The molecule has 3 aromatic heterocycles. The van der Waals surface area contributed by atoms with Crippen molar-refractivity contribution in [3.63, 3.8) is 0 Å². The van der Waals surface area contributed by atoms with Crippen LogP contribution in [-0.4, -0.2) is 39.9 Å². The Morgan fingerprint density at radius 1 is 0.147 bits per heavy atom. The summed E-state index contributed by atoms with van der Waals surface area (Å²) in [6, 6.07) is 158. The summed E-state index contributed by atoms with van der Waals surface area (Å²) >= 11 is 0. The topological polar surface area (TPSA) is 159 Å². The highest BCUT2D eigenvalue weighted by molar-refractivity contribution is 6.08. The lowest BCUT2D eigenvalue weighted by Gasteiger charge is -2.26. The molecule has 2 aliphatic rings. The summed E-state index contributed by atoms with van der Waals surface area (Å²) < 4.78 is 27.6. The summed E-state index contributed by atoms with van der Waals surface area (Å²) in [5, 5.41) is 12.1. The van der Waals surface area contributed by atoms with Crippen LogP contribution in [0.1, 0.15) is 0 Å². The number of nitrogens with one attached hydrogen (secondary N) is 2. The van der Waals surface area contributed by atoms with Crippen molar-refractivity contribution in [3.05, 3.63) is 461 Å². The predicted molar refractivity (Wildman–Crippen MR) is 551 cm³/mol. The van der Waals surface area contributed by atoms with Gasteiger partial charge in [0.25, 0.3) is 0 Å². The fourth-order valence-electron chi connectivity index (χ4n) is 18.5. The molecule has 0 amide bonds. The third-order valence-electron chi connectivity index (χ3n) is 25.1. The summed E-state index contributed by atoms with van der Waals surface area (Å²) in [5.74, 6) is 6.27. The summed E-state index contributed by atoms with van der Waals surface area (Å²) in [7, 11) is 0. The van der Waals surface area contributed by atoms with Gasteiger partial charge in [0.2, 0.25) is 0 Å². The molecule has 8 bridgehead atoms. The zero-order valence-electron chi connectivity index (χ0n) is 73.0. The van der Waals surface area contributed by atoms with Gasteiger partial charge in [-0.25, -0.2) is 29.9 Å². The van der Waals surface area contributed by atoms with Crippen molar-refractivity contribution < 1.29 is 18.9 Å². The molecule has 16 nitrogen and oxygen atoms in total.